The van der Waals surface area contributed by atoms with E-state index >= 15 is 0 Å². The largest absolute Gasteiger partial charge is 0.489 e. The van der Waals surface area contributed by atoms with Gasteiger partial charge in [-0.15, -0.1) is 0 Å². The Labute approximate surface area is 129 Å². The maximum Gasteiger partial charge on any atom is 0.142 e. The lowest BCUT2D eigenvalue weighted by Gasteiger charge is -2.14. The molecule has 1 N–H and O–H groups in total. The Morgan fingerprint density at radius 1 is 1.19 bits per heavy atom. The van der Waals surface area contributed by atoms with E-state index in [1.807, 2.05) is 24.3 Å². The molecule has 0 unspecified atom stereocenters. The average molecular weight is 308 g/mol. The van der Waals surface area contributed by atoms with Gasteiger partial charge in [-0.1, -0.05) is 49.7 Å². The van der Waals surface area contributed by atoms with Gasteiger partial charge in [-0.05, 0) is 23.8 Å². The minimum Gasteiger partial charge on any atom is -0.489 e. The van der Waals surface area contributed by atoms with E-state index in [4.69, 9.17) is 16.3 Å². The highest BCUT2D eigenvalue weighted by atomic mass is 35.5. The second-order valence-electron chi connectivity index (χ2n) is 5.18. The topological polar surface area (TPSA) is 21.3 Å². The molecule has 2 nitrogen and oxygen atoms in total. The molecule has 0 atom stereocenters. The van der Waals surface area contributed by atoms with Crippen molar-refractivity contribution >= 4 is 11.6 Å². The van der Waals surface area contributed by atoms with Gasteiger partial charge in [-0.3, -0.25) is 0 Å². The highest BCUT2D eigenvalue weighted by molar-refractivity contribution is 6.30. The molecule has 4 heteroatoms. The van der Waals surface area contributed by atoms with Crippen LogP contribution < -0.4 is 10.1 Å². The lowest BCUT2D eigenvalue weighted by atomic mass is 10.2. The summed E-state index contributed by atoms with van der Waals surface area (Å²) in [6.45, 7) is 5.25. The molecule has 0 aliphatic heterocycles. The van der Waals surface area contributed by atoms with Gasteiger partial charge in [-0.2, -0.15) is 0 Å². The molecule has 0 amide bonds. The molecule has 2 rings (SSSR count). The average Bonchev–Trinajstić information content (AvgIpc) is 2.47. The molecule has 21 heavy (non-hydrogen) atoms. The quantitative estimate of drug-likeness (QED) is 0.845. The smallest absolute Gasteiger partial charge is 0.142 e. The summed E-state index contributed by atoms with van der Waals surface area (Å²) in [5.41, 5.74) is 1.84. The zero-order valence-corrected chi connectivity index (χ0v) is 13.0. The van der Waals surface area contributed by atoms with Gasteiger partial charge in [0.2, 0.25) is 0 Å². The molecule has 0 spiro atoms. The molecular weight excluding hydrogens is 289 g/mol. The molecule has 0 bridgehead atoms. The van der Waals surface area contributed by atoms with Gasteiger partial charge in [0.25, 0.3) is 0 Å². The first kappa shape index (κ1) is 15.8. The van der Waals surface area contributed by atoms with E-state index in [0.29, 0.717) is 12.6 Å². The van der Waals surface area contributed by atoms with Crippen LogP contribution in [0.15, 0.2) is 42.5 Å². The van der Waals surface area contributed by atoms with E-state index < -0.39 is 5.82 Å². The molecule has 112 valence electrons. The first-order valence-electron chi connectivity index (χ1n) is 6.94. The number of hydrogen-bond donors (Lipinski definition) is 1. The Morgan fingerprint density at radius 3 is 2.67 bits per heavy atom. The Morgan fingerprint density at radius 2 is 1.95 bits per heavy atom. The van der Waals surface area contributed by atoms with Crippen LogP contribution in [0.3, 0.4) is 0 Å². The van der Waals surface area contributed by atoms with Crippen LogP contribution in [0.4, 0.5) is 4.39 Å². The van der Waals surface area contributed by atoms with E-state index in [9.17, 15) is 4.39 Å². The van der Waals surface area contributed by atoms with Gasteiger partial charge in [0.05, 0.1) is 5.02 Å². The summed E-state index contributed by atoms with van der Waals surface area (Å²) in [6.07, 6.45) is 0. The number of halogens is 2. The first-order valence-corrected chi connectivity index (χ1v) is 7.32. The first-order chi connectivity index (χ1) is 10.1. The fourth-order valence-electron chi connectivity index (χ4n) is 1.90. The van der Waals surface area contributed by atoms with Crippen molar-refractivity contribution in [3.05, 3.63) is 64.4 Å². The molecule has 0 saturated carbocycles. The van der Waals surface area contributed by atoms with E-state index in [1.54, 1.807) is 12.1 Å². The van der Waals surface area contributed by atoms with Gasteiger partial charge < -0.3 is 10.1 Å². The van der Waals surface area contributed by atoms with E-state index in [2.05, 4.69) is 19.2 Å². The molecule has 0 fully saturated rings. The van der Waals surface area contributed by atoms with Gasteiger partial charge >= 0.3 is 0 Å². The van der Waals surface area contributed by atoms with Gasteiger partial charge in [-0.25, -0.2) is 4.39 Å². The van der Waals surface area contributed by atoms with Crippen molar-refractivity contribution in [2.24, 2.45) is 0 Å². The third-order valence-electron chi connectivity index (χ3n) is 3.05. The SMILES string of the molecule is CC(C)NCc1ccccc1OCc1ccc(Cl)c(F)c1. The van der Waals surface area contributed by atoms with Gasteiger partial charge in [0.1, 0.15) is 18.2 Å². The van der Waals surface area contributed by atoms with Crippen LogP contribution in [0.1, 0.15) is 25.0 Å². The fraction of sp³-hybridized carbons (Fsp3) is 0.294. The zero-order valence-electron chi connectivity index (χ0n) is 12.2. The van der Waals surface area contributed by atoms with Crippen LogP contribution in [-0.4, -0.2) is 6.04 Å². The molecule has 0 radical (unpaired) electrons. The van der Waals surface area contributed by atoms with Crippen molar-refractivity contribution in [2.45, 2.75) is 33.0 Å². The number of nitrogens with one attached hydrogen (secondary N) is 1. The number of benzene rings is 2. The van der Waals surface area contributed by atoms with Crippen molar-refractivity contribution in [2.75, 3.05) is 0 Å². The van der Waals surface area contributed by atoms with E-state index in [0.717, 1.165) is 23.4 Å². The highest BCUT2D eigenvalue weighted by Crippen LogP contribution is 2.21. The monoisotopic (exact) mass is 307 g/mol. The normalized spacial score (nSPS) is 10.9. The Hall–Kier alpha value is -1.58. The summed E-state index contributed by atoms with van der Waals surface area (Å²) in [6, 6.07) is 13.0. The van der Waals surface area contributed by atoms with Crippen molar-refractivity contribution in [3.8, 4) is 5.75 Å². The highest BCUT2D eigenvalue weighted by Gasteiger charge is 2.06. The summed E-state index contributed by atoms with van der Waals surface area (Å²) in [7, 11) is 0. The Kier molecular flexibility index (Phi) is 5.59. The summed E-state index contributed by atoms with van der Waals surface area (Å²) < 4.78 is 19.2. The molecule has 0 aliphatic carbocycles. The summed E-state index contributed by atoms with van der Waals surface area (Å²) in [5, 5.41) is 3.48. The van der Waals surface area contributed by atoms with Crippen molar-refractivity contribution in [1.82, 2.24) is 5.32 Å². The van der Waals surface area contributed by atoms with E-state index in [-0.39, 0.29) is 5.02 Å². The van der Waals surface area contributed by atoms with Crippen molar-refractivity contribution < 1.29 is 9.13 Å². The molecular formula is C17H19ClFNO. The van der Waals surface area contributed by atoms with Crippen LogP contribution in [0.25, 0.3) is 0 Å². The third kappa shape index (κ3) is 4.73. The molecule has 0 aliphatic rings. The van der Waals surface area contributed by atoms with Crippen LogP contribution in [-0.2, 0) is 13.2 Å². The molecule has 0 heterocycles. The van der Waals surface area contributed by atoms with Crippen LogP contribution in [0.2, 0.25) is 5.02 Å². The van der Waals surface area contributed by atoms with Gasteiger partial charge in [0.15, 0.2) is 0 Å². The second-order valence-corrected chi connectivity index (χ2v) is 5.59. The number of rotatable bonds is 6. The minimum atomic E-state index is -0.424. The Bertz CT molecular complexity index is 601. The van der Waals surface area contributed by atoms with Gasteiger partial charge in [0, 0.05) is 18.2 Å². The van der Waals surface area contributed by atoms with E-state index in [1.165, 1.54) is 6.07 Å². The maximum absolute atomic E-state index is 13.4. The fourth-order valence-corrected chi connectivity index (χ4v) is 2.01. The third-order valence-corrected chi connectivity index (χ3v) is 3.36. The number of ether oxygens (including phenoxy) is 1. The lowest BCUT2D eigenvalue weighted by molar-refractivity contribution is 0.301. The summed E-state index contributed by atoms with van der Waals surface area (Å²) in [4.78, 5) is 0. The maximum atomic E-state index is 13.4. The summed E-state index contributed by atoms with van der Waals surface area (Å²) >= 11 is 5.67. The predicted molar refractivity (Wildman–Crippen MR) is 84.2 cm³/mol. The zero-order chi connectivity index (χ0) is 15.2. The molecule has 2 aromatic carbocycles. The van der Waals surface area contributed by atoms with Crippen molar-refractivity contribution in [1.29, 1.82) is 0 Å². The van der Waals surface area contributed by atoms with Crippen LogP contribution in [0, 0.1) is 5.82 Å². The second kappa shape index (κ2) is 7.43. The molecule has 0 aromatic heterocycles. The molecule has 0 saturated heterocycles. The minimum absolute atomic E-state index is 0.125. The lowest BCUT2D eigenvalue weighted by Crippen LogP contribution is -2.22. The molecule has 2 aromatic rings. The summed E-state index contributed by atoms with van der Waals surface area (Å²) in [5.74, 6) is 0.383. The standard InChI is InChI=1S/C17H19ClFNO/c1-12(2)20-10-14-5-3-4-6-17(14)21-11-13-7-8-15(18)16(19)9-13/h3-9,12,20H,10-11H2,1-2H3. The van der Waals surface area contributed by atoms with Crippen LogP contribution in [0.5, 0.6) is 5.75 Å². The number of para-hydroxylation sites is 1. The van der Waals surface area contributed by atoms with Crippen molar-refractivity contribution in [3.63, 3.8) is 0 Å². The van der Waals surface area contributed by atoms with Crippen LogP contribution >= 0.6 is 11.6 Å². The predicted octanol–water partition coefficient (Wildman–Crippen LogP) is 4.56. The number of hydrogen-bond acceptors (Lipinski definition) is 2. The Balaban J connectivity index is 2.03.